The minimum atomic E-state index is -0.325. The van der Waals surface area contributed by atoms with Crippen molar-refractivity contribution in [1.82, 2.24) is 4.90 Å². The average Bonchev–Trinajstić information content (AvgIpc) is 3.11. The van der Waals surface area contributed by atoms with Gasteiger partial charge in [0.15, 0.2) is 5.76 Å². The number of allylic oxidation sites excluding steroid dienone is 1. The van der Waals surface area contributed by atoms with Crippen molar-refractivity contribution in [3.8, 4) is 17.2 Å². The molecule has 162 valence electrons. The van der Waals surface area contributed by atoms with Gasteiger partial charge in [-0.1, -0.05) is 24.3 Å². The first-order valence-electron chi connectivity index (χ1n) is 10.4. The summed E-state index contributed by atoms with van der Waals surface area (Å²) in [6, 6.07) is 15.7. The quantitative estimate of drug-likeness (QED) is 0.537. The molecule has 0 saturated carbocycles. The molecule has 0 N–H and O–H groups in total. The highest BCUT2D eigenvalue weighted by Crippen LogP contribution is 2.43. The SMILES string of the molecule is COc1ccc(CN2COc3c(cc4c(c3C)O/C(=C\c3ccc(F)cc3)C4=O)C2)cc1. The molecular formula is C26H22FNO4. The van der Waals surface area contributed by atoms with Crippen molar-refractivity contribution in [2.75, 3.05) is 13.8 Å². The average molecular weight is 431 g/mol. The number of hydrogen-bond acceptors (Lipinski definition) is 5. The molecule has 0 radical (unpaired) electrons. The molecule has 0 fully saturated rings. The highest BCUT2D eigenvalue weighted by molar-refractivity contribution is 6.15. The maximum absolute atomic E-state index is 13.2. The Morgan fingerprint density at radius 1 is 1.09 bits per heavy atom. The first-order valence-corrected chi connectivity index (χ1v) is 10.4. The predicted octanol–water partition coefficient (Wildman–Crippen LogP) is 5.11. The summed E-state index contributed by atoms with van der Waals surface area (Å²) in [5.41, 5.74) is 4.16. The molecule has 0 amide bonds. The molecule has 32 heavy (non-hydrogen) atoms. The van der Waals surface area contributed by atoms with Gasteiger partial charge in [0.2, 0.25) is 5.78 Å². The van der Waals surface area contributed by atoms with Crippen molar-refractivity contribution < 1.29 is 23.4 Å². The van der Waals surface area contributed by atoms with E-state index in [0.717, 1.165) is 34.7 Å². The molecule has 0 aromatic heterocycles. The third-order valence-electron chi connectivity index (χ3n) is 5.73. The van der Waals surface area contributed by atoms with Crippen molar-refractivity contribution in [2.24, 2.45) is 0 Å². The number of carbonyl (C=O) groups excluding carboxylic acids is 1. The van der Waals surface area contributed by atoms with Crippen LogP contribution in [0.4, 0.5) is 4.39 Å². The predicted molar refractivity (Wildman–Crippen MR) is 118 cm³/mol. The van der Waals surface area contributed by atoms with Crippen LogP contribution in [-0.2, 0) is 13.1 Å². The van der Waals surface area contributed by atoms with Crippen molar-refractivity contribution in [2.45, 2.75) is 20.0 Å². The number of halogens is 1. The van der Waals surface area contributed by atoms with Gasteiger partial charge in [0.25, 0.3) is 0 Å². The molecule has 2 aliphatic heterocycles. The molecule has 3 aromatic carbocycles. The van der Waals surface area contributed by atoms with E-state index in [0.29, 0.717) is 30.2 Å². The number of Topliss-reactive ketones (excluding diaryl/α,β-unsaturated/α-hetero) is 1. The fraction of sp³-hybridized carbons (Fsp3) is 0.192. The van der Waals surface area contributed by atoms with Crippen LogP contribution in [0.1, 0.15) is 32.6 Å². The van der Waals surface area contributed by atoms with Gasteiger partial charge < -0.3 is 14.2 Å². The van der Waals surface area contributed by atoms with E-state index in [1.807, 2.05) is 37.3 Å². The third kappa shape index (κ3) is 3.74. The Morgan fingerprint density at radius 3 is 2.56 bits per heavy atom. The first kappa shape index (κ1) is 20.3. The zero-order valence-electron chi connectivity index (χ0n) is 17.9. The zero-order chi connectivity index (χ0) is 22.2. The molecule has 5 rings (SSSR count). The summed E-state index contributed by atoms with van der Waals surface area (Å²) in [4.78, 5) is 15.2. The van der Waals surface area contributed by atoms with Crippen LogP contribution in [0.25, 0.3) is 6.08 Å². The number of nitrogens with zero attached hydrogens (tertiary/aromatic N) is 1. The minimum Gasteiger partial charge on any atom is -0.497 e. The summed E-state index contributed by atoms with van der Waals surface area (Å²) in [5, 5.41) is 0. The standard InChI is InChI=1S/C26H22FNO4/c1-16-25-19(14-28(15-31-25)13-18-5-9-21(30-2)10-6-18)12-22-24(29)23(32-26(16)22)11-17-3-7-20(27)8-4-17/h3-12H,13-15H2,1-2H3/b23-11-. The maximum atomic E-state index is 13.2. The number of rotatable bonds is 4. The van der Waals surface area contributed by atoms with Gasteiger partial charge in [-0.25, -0.2) is 4.39 Å². The number of benzene rings is 3. The van der Waals surface area contributed by atoms with Crippen molar-refractivity contribution in [3.05, 3.63) is 94.0 Å². The molecule has 0 bridgehead atoms. The van der Waals surface area contributed by atoms with Gasteiger partial charge in [-0.3, -0.25) is 9.69 Å². The van der Waals surface area contributed by atoms with Crippen LogP contribution < -0.4 is 14.2 Å². The summed E-state index contributed by atoms with van der Waals surface area (Å²) >= 11 is 0. The lowest BCUT2D eigenvalue weighted by atomic mass is 10.00. The number of methoxy groups -OCH3 is 1. The second-order valence-electron chi connectivity index (χ2n) is 7.97. The Bertz CT molecular complexity index is 1220. The van der Waals surface area contributed by atoms with Crippen molar-refractivity contribution >= 4 is 11.9 Å². The zero-order valence-corrected chi connectivity index (χ0v) is 17.9. The summed E-state index contributed by atoms with van der Waals surface area (Å²) in [6.07, 6.45) is 1.64. The van der Waals surface area contributed by atoms with Gasteiger partial charge >= 0.3 is 0 Å². The topological polar surface area (TPSA) is 48.0 Å². The van der Waals surface area contributed by atoms with Gasteiger partial charge in [0, 0.05) is 24.2 Å². The molecule has 0 aliphatic carbocycles. The summed E-state index contributed by atoms with van der Waals surface area (Å²) in [6.45, 7) is 3.75. The summed E-state index contributed by atoms with van der Waals surface area (Å²) in [5.74, 6) is 1.85. The molecule has 5 nitrogen and oxygen atoms in total. The van der Waals surface area contributed by atoms with E-state index in [2.05, 4.69) is 4.90 Å². The summed E-state index contributed by atoms with van der Waals surface area (Å²) < 4.78 is 30.4. The van der Waals surface area contributed by atoms with Crippen molar-refractivity contribution in [3.63, 3.8) is 0 Å². The first-order chi connectivity index (χ1) is 15.5. The largest absolute Gasteiger partial charge is 0.497 e. The molecule has 3 aromatic rings. The van der Waals surface area contributed by atoms with Crippen LogP contribution in [0.15, 0.2) is 60.4 Å². The fourth-order valence-corrected chi connectivity index (χ4v) is 4.10. The van der Waals surface area contributed by atoms with E-state index < -0.39 is 0 Å². The second kappa shape index (κ2) is 8.13. The Hall–Kier alpha value is -3.64. The lowest BCUT2D eigenvalue weighted by molar-refractivity contribution is 0.0876. The Labute approximate surface area is 185 Å². The number of carbonyl (C=O) groups is 1. The third-order valence-corrected chi connectivity index (χ3v) is 5.73. The fourth-order valence-electron chi connectivity index (χ4n) is 4.10. The molecule has 0 atom stereocenters. The lowest BCUT2D eigenvalue weighted by Gasteiger charge is -2.30. The molecule has 6 heteroatoms. The van der Waals surface area contributed by atoms with Gasteiger partial charge in [0.1, 0.15) is 29.8 Å². The van der Waals surface area contributed by atoms with E-state index in [-0.39, 0.29) is 17.4 Å². The number of fused-ring (bicyclic) bond motifs is 2. The van der Waals surface area contributed by atoms with Crippen molar-refractivity contribution in [1.29, 1.82) is 0 Å². The number of ether oxygens (including phenoxy) is 3. The smallest absolute Gasteiger partial charge is 0.231 e. The van der Waals surface area contributed by atoms with Crippen LogP contribution in [0.5, 0.6) is 17.2 Å². The molecule has 0 spiro atoms. The molecule has 2 aliphatic rings. The molecule has 2 heterocycles. The number of hydrogen-bond donors (Lipinski definition) is 0. The van der Waals surface area contributed by atoms with Crippen LogP contribution in [0, 0.1) is 12.7 Å². The number of ketones is 1. The van der Waals surface area contributed by atoms with Gasteiger partial charge in [-0.2, -0.15) is 0 Å². The molecular weight excluding hydrogens is 409 g/mol. The van der Waals surface area contributed by atoms with E-state index >= 15 is 0 Å². The van der Waals surface area contributed by atoms with Crippen LogP contribution in [0.3, 0.4) is 0 Å². The van der Waals surface area contributed by atoms with E-state index in [4.69, 9.17) is 14.2 Å². The highest BCUT2D eigenvalue weighted by atomic mass is 19.1. The highest BCUT2D eigenvalue weighted by Gasteiger charge is 2.33. The maximum Gasteiger partial charge on any atom is 0.231 e. The minimum absolute atomic E-state index is 0.178. The lowest BCUT2D eigenvalue weighted by Crippen LogP contribution is -2.32. The van der Waals surface area contributed by atoms with E-state index in [1.165, 1.54) is 12.1 Å². The summed E-state index contributed by atoms with van der Waals surface area (Å²) in [7, 11) is 1.65. The van der Waals surface area contributed by atoms with Crippen LogP contribution in [-0.4, -0.2) is 24.5 Å². The monoisotopic (exact) mass is 431 g/mol. The van der Waals surface area contributed by atoms with Crippen LogP contribution >= 0.6 is 0 Å². The van der Waals surface area contributed by atoms with Crippen LogP contribution in [0.2, 0.25) is 0 Å². The Kier molecular flexibility index (Phi) is 5.15. The van der Waals surface area contributed by atoms with Gasteiger partial charge in [-0.05, 0) is 54.5 Å². The Morgan fingerprint density at radius 2 is 1.84 bits per heavy atom. The van der Waals surface area contributed by atoms with E-state index in [9.17, 15) is 9.18 Å². The Balaban J connectivity index is 1.39. The molecule has 0 unspecified atom stereocenters. The van der Waals surface area contributed by atoms with Gasteiger partial charge in [0.05, 0.1) is 12.7 Å². The molecule has 0 saturated heterocycles. The van der Waals surface area contributed by atoms with E-state index in [1.54, 1.807) is 25.3 Å². The normalized spacial score (nSPS) is 16.3. The second-order valence-corrected chi connectivity index (χ2v) is 7.97. The van der Waals surface area contributed by atoms with Gasteiger partial charge in [-0.15, -0.1) is 0 Å².